The first-order valence-electron chi connectivity index (χ1n) is 8.36. The van der Waals surface area contributed by atoms with E-state index < -0.39 is 22.0 Å². The Morgan fingerprint density at radius 3 is 2.33 bits per heavy atom. The van der Waals surface area contributed by atoms with E-state index in [1.54, 1.807) is 0 Å². The number of rotatable bonds is 10. The molecule has 0 bridgehead atoms. The van der Waals surface area contributed by atoms with E-state index in [2.05, 4.69) is 4.72 Å². The molecule has 7 nitrogen and oxygen atoms in total. The largest absolute Gasteiger partial charge is 0.493 e. The maximum absolute atomic E-state index is 12.8. The van der Waals surface area contributed by atoms with E-state index in [0.717, 1.165) is 5.56 Å². The lowest BCUT2D eigenvalue weighted by Crippen LogP contribution is -2.36. The number of ether oxygens (including phenoxy) is 2. The second-order valence-electron chi connectivity index (χ2n) is 5.96. The molecule has 0 saturated heterocycles. The summed E-state index contributed by atoms with van der Waals surface area (Å²) in [7, 11) is -0.976. The van der Waals surface area contributed by atoms with Gasteiger partial charge in [0.05, 0.1) is 19.1 Å². The minimum absolute atomic E-state index is 0.0218. The number of sulfonamides is 1. The van der Waals surface area contributed by atoms with E-state index >= 15 is 0 Å². The van der Waals surface area contributed by atoms with Crippen molar-refractivity contribution < 1.29 is 27.8 Å². The number of hydrogen-bond donors (Lipinski definition) is 2. The van der Waals surface area contributed by atoms with Gasteiger partial charge in [0.25, 0.3) is 0 Å². The SMILES string of the molecule is COc1ccc(S(=O)(=O)NC(CCC(=O)O)Cc2ccccc2)cc1OC. The first kappa shape index (κ1) is 20.7. The predicted molar refractivity (Wildman–Crippen MR) is 101 cm³/mol. The Balaban J connectivity index is 2.24. The van der Waals surface area contributed by atoms with Gasteiger partial charge in [-0.2, -0.15) is 0 Å². The first-order chi connectivity index (χ1) is 12.9. The molecular formula is C19H23NO6S. The van der Waals surface area contributed by atoms with Crippen molar-refractivity contribution in [3.05, 3.63) is 54.1 Å². The van der Waals surface area contributed by atoms with Crippen molar-refractivity contribution >= 4 is 16.0 Å². The van der Waals surface area contributed by atoms with Crippen LogP contribution in [0.5, 0.6) is 11.5 Å². The van der Waals surface area contributed by atoms with Gasteiger partial charge < -0.3 is 14.6 Å². The number of benzene rings is 2. The molecule has 0 saturated carbocycles. The van der Waals surface area contributed by atoms with Crippen LogP contribution in [0.1, 0.15) is 18.4 Å². The van der Waals surface area contributed by atoms with Gasteiger partial charge in [-0.05, 0) is 30.5 Å². The molecule has 2 aromatic rings. The third-order valence-electron chi connectivity index (χ3n) is 4.02. The molecule has 2 N–H and O–H groups in total. The van der Waals surface area contributed by atoms with Gasteiger partial charge in [0, 0.05) is 18.5 Å². The van der Waals surface area contributed by atoms with Crippen molar-refractivity contribution in [1.82, 2.24) is 4.72 Å². The summed E-state index contributed by atoms with van der Waals surface area (Å²) in [6, 6.07) is 13.1. The van der Waals surface area contributed by atoms with Gasteiger partial charge >= 0.3 is 5.97 Å². The van der Waals surface area contributed by atoms with Gasteiger partial charge in [-0.3, -0.25) is 4.79 Å². The molecule has 0 radical (unpaired) electrons. The summed E-state index contributed by atoms with van der Waals surface area (Å²) in [6.07, 6.45) is 0.434. The predicted octanol–water partition coefficient (Wildman–Crippen LogP) is 2.46. The zero-order valence-corrected chi connectivity index (χ0v) is 16.0. The summed E-state index contributed by atoms with van der Waals surface area (Å²) in [5.74, 6) is -0.257. The number of methoxy groups -OCH3 is 2. The van der Waals surface area contributed by atoms with Crippen molar-refractivity contribution in [2.24, 2.45) is 0 Å². The quantitative estimate of drug-likeness (QED) is 0.643. The average Bonchev–Trinajstić information content (AvgIpc) is 2.66. The summed E-state index contributed by atoms with van der Waals surface area (Å²) >= 11 is 0. The molecule has 0 spiro atoms. The number of carboxylic acid groups (broad SMARTS) is 1. The van der Waals surface area contributed by atoms with E-state index in [1.165, 1.54) is 32.4 Å². The van der Waals surface area contributed by atoms with Crippen LogP contribution in [0.3, 0.4) is 0 Å². The zero-order chi connectivity index (χ0) is 19.9. The molecule has 0 aliphatic rings. The lowest BCUT2D eigenvalue weighted by atomic mass is 10.0. The second kappa shape index (κ2) is 9.38. The molecule has 27 heavy (non-hydrogen) atoms. The normalized spacial score (nSPS) is 12.4. The van der Waals surface area contributed by atoms with Crippen molar-refractivity contribution in [3.8, 4) is 11.5 Å². The van der Waals surface area contributed by atoms with E-state index in [4.69, 9.17) is 14.6 Å². The number of hydrogen-bond acceptors (Lipinski definition) is 5. The molecule has 0 aliphatic carbocycles. The van der Waals surface area contributed by atoms with Crippen LogP contribution in [0.4, 0.5) is 0 Å². The molecule has 0 aliphatic heterocycles. The Kier molecular flexibility index (Phi) is 7.20. The lowest BCUT2D eigenvalue weighted by molar-refractivity contribution is -0.137. The van der Waals surface area contributed by atoms with Crippen LogP contribution in [0, 0.1) is 0 Å². The maximum Gasteiger partial charge on any atom is 0.303 e. The van der Waals surface area contributed by atoms with Gasteiger partial charge in [0.2, 0.25) is 10.0 Å². The monoisotopic (exact) mass is 393 g/mol. The van der Waals surface area contributed by atoms with Gasteiger partial charge in [0.15, 0.2) is 11.5 Å². The van der Waals surface area contributed by atoms with Crippen LogP contribution in [-0.2, 0) is 21.2 Å². The van der Waals surface area contributed by atoms with E-state index in [9.17, 15) is 13.2 Å². The Morgan fingerprint density at radius 1 is 1.07 bits per heavy atom. The first-order valence-corrected chi connectivity index (χ1v) is 9.84. The number of carbonyl (C=O) groups is 1. The highest BCUT2D eigenvalue weighted by Gasteiger charge is 2.22. The molecule has 2 aromatic carbocycles. The molecule has 8 heteroatoms. The molecule has 0 amide bonds. The number of carboxylic acids is 1. The third kappa shape index (κ3) is 5.97. The Bertz CT molecular complexity index is 867. The Labute approximate surface area is 159 Å². The third-order valence-corrected chi connectivity index (χ3v) is 5.54. The van der Waals surface area contributed by atoms with Crippen LogP contribution >= 0.6 is 0 Å². The Morgan fingerprint density at radius 2 is 1.74 bits per heavy atom. The van der Waals surface area contributed by atoms with E-state index in [1.807, 2.05) is 30.3 Å². The summed E-state index contributed by atoms with van der Waals surface area (Å²) in [5.41, 5.74) is 0.919. The summed E-state index contributed by atoms with van der Waals surface area (Å²) < 4.78 is 38.5. The van der Waals surface area contributed by atoms with E-state index in [-0.39, 0.29) is 17.7 Å². The zero-order valence-electron chi connectivity index (χ0n) is 15.2. The molecule has 146 valence electrons. The summed E-state index contributed by atoms with van der Waals surface area (Å²) in [5, 5.41) is 8.96. The molecular weight excluding hydrogens is 370 g/mol. The maximum atomic E-state index is 12.8. The van der Waals surface area contributed by atoms with Crippen LogP contribution in [0.2, 0.25) is 0 Å². The van der Waals surface area contributed by atoms with Crippen molar-refractivity contribution in [2.45, 2.75) is 30.2 Å². The van der Waals surface area contributed by atoms with Crippen LogP contribution in [0.15, 0.2) is 53.4 Å². The second-order valence-corrected chi connectivity index (χ2v) is 7.67. The van der Waals surface area contributed by atoms with Gasteiger partial charge in [-0.1, -0.05) is 30.3 Å². The highest BCUT2D eigenvalue weighted by atomic mass is 32.2. The van der Waals surface area contributed by atoms with Crippen LogP contribution in [0.25, 0.3) is 0 Å². The minimum atomic E-state index is -3.86. The van der Waals surface area contributed by atoms with Gasteiger partial charge in [0.1, 0.15) is 0 Å². The fourth-order valence-corrected chi connectivity index (χ4v) is 3.96. The van der Waals surface area contributed by atoms with Crippen molar-refractivity contribution in [2.75, 3.05) is 14.2 Å². The number of nitrogens with one attached hydrogen (secondary N) is 1. The van der Waals surface area contributed by atoms with Gasteiger partial charge in [-0.25, -0.2) is 13.1 Å². The smallest absolute Gasteiger partial charge is 0.303 e. The summed E-state index contributed by atoms with van der Waals surface area (Å²) in [4.78, 5) is 11.0. The standard InChI is InChI=1S/C19H23NO6S/c1-25-17-10-9-16(13-18(17)26-2)27(23,24)20-15(8-11-19(21)22)12-14-6-4-3-5-7-14/h3-7,9-10,13,15,20H,8,11-12H2,1-2H3,(H,21,22). The fraction of sp³-hybridized carbons (Fsp3) is 0.316. The fourth-order valence-electron chi connectivity index (χ4n) is 2.67. The highest BCUT2D eigenvalue weighted by Crippen LogP contribution is 2.29. The summed E-state index contributed by atoms with van der Waals surface area (Å²) in [6.45, 7) is 0. The van der Waals surface area contributed by atoms with Crippen LogP contribution < -0.4 is 14.2 Å². The van der Waals surface area contributed by atoms with Crippen LogP contribution in [-0.4, -0.2) is 39.8 Å². The van der Waals surface area contributed by atoms with Crippen molar-refractivity contribution in [1.29, 1.82) is 0 Å². The van der Waals surface area contributed by atoms with E-state index in [0.29, 0.717) is 17.9 Å². The highest BCUT2D eigenvalue weighted by molar-refractivity contribution is 7.89. The molecule has 0 aromatic heterocycles. The van der Waals surface area contributed by atoms with Gasteiger partial charge in [-0.15, -0.1) is 0 Å². The molecule has 0 heterocycles. The minimum Gasteiger partial charge on any atom is -0.493 e. The lowest BCUT2D eigenvalue weighted by Gasteiger charge is -2.19. The molecule has 0 fully saturated rings. The number of aliphatic carboxylic acids is 1. The molecule has 2 rings (SSSR count). The molecule has 1 atom stereocenters. The molecule has 1 unspecified atom stereocenters. The Hall–Kier alpha value is -2.58. The average molecular weight is 393 g/mol. The van der Waals surface area contributed by atoms with Crippen molar-refractivity contribution in [3.63, 3.8) is 0 Å². The topological polar surface area (TPSA) is 102 Å².